The van der Waals surface area contributed by atoms with Crippen molar-refractivity contribution in [1.29, 1.82) is 0 Å². The molecule has 0 fully saturated rings. The first kappa shape index (κ1) is 30.3. The number of para-hydroxylation sites is 1. The van der Waals surface area contributed by atoms with Crippen molar-refractivity contribution in [3.05, 3.63) is 62.4 Å². The molecule has 1 aromatic carbocycles. The summed E-state index contributed by atoms with van der Waals surface area (Å²) in [4.78, 5) is 56.8. The summed E-state index contributed by atoms with van der Waals surface area (Å²) in [5.41, 5.74) is -2.00. The van der Waals surface area contributed by atoms with Gasteiger partial charge >= 0.3 is 12.1 Å². The molecule has 2 aromatic rings. The normalized spacial score (nSPS) is 13.0. The number of Topliss-reactive ketones (excluding diaryl/α,β-unsaturated/α-hetero) is 1. The van der Waals surface area contributed by atoms with Crippen LogP contribution in [0.1, 0.15) is 57.5 Å². The number of ketones is 1. The summed E-state index contributed by atoms with van der Waals surface area (Å²) in [6, 6.07) is 4.10. The van der Waals surface area contributed by atoms with Gasteiger partial charge in [0.2, 0.25) is 5.91 Å². The van der Waals surface area contributed by atoms with Crippen LogP contribution in [0.5, 0.6) is 5.75 Å². The maximum atomic E-state index is 13.2. The van der Waals surface area contributed by atoms with Crippen LogP contribution in [0.2, 0.25) is 0 Å². The molecular formula is C25H31F3N4O6. The van der Waals surface area contributed by atoms with Gasteiger partial charge in [-0.25, -0.2) is 4.79 Å². The summed E-state index contributed by atoms with van der Waals surface area (Å²) in [7, 11) is 0. The van der Waals surface area contributed by atoms with Gasteiger partial charge in [-0.15, -0.1) is 13.2 Å². The Labute approximate surface area is 217 Å². The first-order chi connectivity index (χ1) is 17.6. The standard InChI is InChI=1S/C25H31F3N4O6/c1-14(2)22(34)29-16(5)11-32-23(35)19(17(6)30-38-15(3)4)12-31(24(32)36)13-20(33)18-9-7-8-10-21(18)37-25(26,27)28/h7-10,12,14-16H,11,13H2,1-6H3,(H,29,34)/b30-17+. The van der Waals surface area contributed by atoms with Crippen molar-refractivity contribution in [1.82, 2.24) is 14.5 Å². The number of amides is 1. The number of nitrogens with zero attached hydrogens (tertiary/aromatic N) is 3. The van der Waals surface area contributed by atoms with Crippen LogP contribution in [0.15, 0.2) is 45.2 Å². The molecular weight excluding hydrogens is 509 g/mol. The fourth-order valence-corrected chi connectivity index (χ4v) is 3.29. The van der Waals surface area contributed by atoms with Gasteiger partial charge in [0.05, 0.1) is 29.9 Å². The zero-order valence-corrected chi connectivity index (χ0v) is 22.0. The fraction of sp³-hybridized carbons (Fsp3) is 0.480. The van der Waals surface area contributed by atoms with E-state index >= 15 is 0 Å². The minimum atomic E-state index is -5.03. The lowest BCUT2D eigenvalue weighted by Crippen LogP contribution is -2.48. The molecule has 208 valence electrons. The Kier molecular flexibility index (Phi) is 10.0. The van der Waals surface area contributed by atoms with Crippen molar-refractivity contribution in [2.45, 2.75) is 73.1 Å². The molecule has 0 spiro atoms. The second-order valence-corrected chi connectivity index (χ2v) is 9.23. The largest absolute Gasteiger partial charge is 0.573 e. The van der Waals surface area contributed by atoms with Gasteiger partial charge in [0.25, 0.3) is 5.56 Å². The lowest BCUT2D eigenvalue weighted by atomic mass is 10.1. The summed E-state index contributed by atoms with van der Waals surface area (Å²) in [6.45, 7) is 8.94. The number of alkyl halides is 3. The van der Waals surface area contributed by atoms with E-state index in [0.717, 1.165) is 27.5 Å². The van der Waals surface area contributed by atoms with Gasteiger partial charge < -0.3 is 14.9 Å². The highest BCUT2D eigenvalue weighted by atomic mass is 19.4. The fourth-order valence-electron chi connectivity index (χ4n) is 3.29. The number of aromatic nitrogens is 2. The number of nitrogens with one attached hydrogen (secondary N) is 1. The van der Waals surface area contributed by atoms with Crippen molar-refractivity contribution in [2.75, 3.05) is 0 Å². The van der Waals surface area contributed by atoms with Crippen LogP contribution in [0.4, 0.5) is 13.2 Å². The van der Waals surface area contributed by atoms with E-state index < -0.39 is 47.3 Å². The zero-order chi connectivity index (χ0) is 28.8. The predicted molar refractivity (Wildman–Crippen MR) is 133 cm³/mol. The van der Waals surface area contributed by atoms with E-state index in [4.69, 9.17) is 4.84 Å². The number of carbonyl (C=O) groups excluding carboxylic acids is 2. The quantitative estimate of drug-likeness (QED) is 0.266. The molecule has 38 heavy (non-hydrogen) atoms. The smallest absolute Gasteiger partial charge is 0.405 e. The highest BCUT2D eigenvalue weighted by Gasteiger charge is 2.33. The molecule has 1 heterocycles. The van der Waals surface area contributed by atoms with E-state index in [1.165, 1.54) is 19.1 Å². The van der Waals surface area contributed by atoms with E-state index in [9.17, 15) is 32.3 Å². The van der Waals surface area contributed by atoms with Crippen LogP contribution in [0.3, 0.4) is 0 Å². The number of rotatable bonds is 11. The van der Waals surface area contributed by atoms with Crippen molar-refractivity contribution in [2.24, 2.45) is 11.1 Å². The number of carbonyl (C=O) groups is 2. The lowest BCUT2D eigenvalue weighted by Gasteiger charge is -2.19. The van der Waals surface area contributed by atoms with Crippen LogP contribution >= 0.6 is 0 Å². The summed E-state index contributed by atoms with van der Waals surface area (Å²) in [5, 5.41) is 6.59. The Bertz CT molecular complexity index is 1310. The molecule has 0 aliphatic rings. The second kappa shape index (κ2) is 12.6. The number of hydrogen-bond donors (Lipinski definition) is 1. The topological polar surface area (TPSA) is 121 Å². The average molecular weight is 541 g/mol. The van der Waals surface area contributed by atoms with Gasteiger partial charge in [-0.3, -0.25) is 23.5 Å². The van der Waals surface area contributed by atoms with E-state index in [1.54, 1.807) is 34.6 Å². The molecule has 1 N–H and O–H groups in total. The van der Waals surface area contributed by atoms with Crippen molar-refractivity contribution >= 4 is 17.4 Å². The Balaban J connectivity index is 2.57. The van der Waals surface area contributed by atoms with Crippen LogP contribution in [0, 0.1) is 5.92 Å². The molecule has 0 saturated heterocycles. The van der Waals surface area contributed by atoms with E-state index in [1.807, 2.05) is 0 Å². The van der Waals surface area contributed by atoms with Crippen molar-refractivity contribution in [3.63, 3.8) is 0 Å². The Morgan fingerprint density at radius 3 is 2.26 bits per heavy atom. The monoisotopic (exact) mass is 540 g/mol. The molecule has 0 bridgehead atoms. The molecule has 0 radical (unpaired) electrons. The SMILES string of the molecule is C/C(=N\OC(C)C)c1cn(CC(=O)c2ccccc2OC(F)(F)F)c(=O)n(CC(C)NC(=O)C(C)C)c1=O. The highest BCUT2D eigenvalue weighted by molar-refractivity contribution is 5.99. The van der Waals surface area contributed by atoms with Gasteiger partial charge in [-0.05, 0) is 39.8 Å². The molecule has 10 nitrogen and oxygen atoms in total. The Morgan fingerprint density at radius 2 is 1.68 bits per heavy atom. The van der Waals surface area contributed by atoms with Gasteiger partial charge in [0.15, 0.2) is 5.78 Å². The number of oxime groups is 1. The number of hydrogen-bond acceptors (Lipinski definition) is 7. The first-order valence-electron chi connectivity index (χ1n) is 11.8. The second-order valence-electron chi connectivity index (χ2n) is 9.23. The average Bonchev–Trinajstić information content (AvgIpc) is 2.81. The minimum absolute atomic E-state index is 0.0692. The molecule has 13 heteroatoms. The van der Waals surface area contributed by atoms with E-state index in [2.05, 4.69) is 15.2 Å². The maximum Gasteiger partial charge on any atom is 0.573 e. The Hall–Kier alpha value is -3.90. The summed E-state index contributed by atoms with van der Waals surface area (Å²) >= 11 is 0. The molecule has 0 aliphatic heterocycles. The lowest BCUT2D eigenvalue weighted by molar-refractivity contribution is -0.274. The third-order valence-electron chi connectivity index (χ3n) is 5.12. The van der Waals surface area contributed by atoms with Gasteiger partial charge in [-0.2, -0.15) is 0 Å². The number of ether oxygens (including phenoxy) is 1. The van der Waals surface area contributed by atoms with Crippen molar-refractivity contribution < 1.29 is 32.3 Å². The summed E-state index contributed by atoms with van der Waals surface area (Å²) in [6.07, 6.45) is -4.24. The highest BCUT2D eigenvalue weighted by Crippen LogP contribution is 2.26. The molecule has 1 atom stereocenters. The molecule has 1 aromatic heterocycles. The van der Waals surface area contributed by atoms with Gasteiger partial charge in [-0.1, -0.05) is 31.1 Å². The van der Waals surface area contributed by atoms with Gasteiger partial charge in [0, 0.05) is 18.2 Å². The van der Waals surface area contributed by atoms with Crippen LogP contribution in [0.25, 0.3) is 0 Å². The zero-order valence-electron chi connectivity index (χ0n) is 22.0. The van der Waals surface area contributed by atoms with E-state index in [0.29, 0.717) is 0 Å². The third-order valence-corrected chi connectivity index (χ3v) is 5.12. The molecule has 2 rings (SSSR count). The van der Waals surface area contributed by atoms with Crippen LogP contribution in [-0.4, -0.2) is 45.0 Å². The minimum Gasteiger partial charge on any atom is -0.405 e. The van der Waals surface area contributed by atoms with Crippen LogP contribution < -0.4 is 21.3 Å². The van der Waals surface area contributed by atoms with Gasteiger partial charge in [0.1, 0.15) is 11.9 Å². The molecule has 1 amide bonds. The van der Waals surface area contributed by atoms with Crippen molar-refractivity contribution in [3.8, 4) is 5.75 Å². The number of benzene rings is 1. The third kappa shape index (κ3) is 8.32. The molecule has 0 saturated carbocycles. The molecule has 0 aliphatic carbocycles. The summed E-state index contributed by atoms with van der Waals surface area (Å²) in [5.74, 6) is -2.21. The molecule has 1 unspecified atom stereocenters. The summed E-state index contributed by atoms with van der Waals surface area (Å²) < 4.78 is 44.2. The Morgan fingerprint density at radius 1 is 1.05 bits per heavy atom. The predicted octanol–water partition coefficient (Wildman–Crippen LogP) is 3.10. The van der Waals surface area contributed by atoms with Crippen LogP contribution in [-0.2, 0) is 22.7 Å². The number of halogens is 3. The van der Waals surface area contributed by atoms with E-state index in [-0.39, 0.29) is 35.7 Å². The first-order valence-corrected chi connectivity index (χ1v) is 11.8. The maximum absolute atomic E-state index is 13.2.